The van der Waals surface area contributed by atoms with Crippen molar-refractivity contribution in [2.75, 3.05) is 18.0 Å². The van der Waals surface area contributed by atoms with Gasteiger partial charge in [0.1, 0.15) is 17.9 Å². The van der Waals surface area contributed by atoms with Gasteiger partial charge in [0.2, 0.25) is 5.91 Å². The zero-order chi connectivity index (χ0) is 20.3. The molecule has 28 heavy (non-hydrogen) atoms. The summed E-state index contributed by atoms with van der Waals surface area (Å²) in [5.74, 6) is -1.43. The maximum Gasteiger partial charge on any atom is 0.325 e. The largest absolute Gasteiger partial charge is 0.325 e. The van der Waals surface area contributed by atoms with Gasteiger partial charge in [-0.3, -0.25) is 14.5 Å². The normalized spacial score (nSPS) is 18.7. The Morgan fingerprint density at radius 2 is 1.82 bits per heavy atom. The van der Waals surface area contributed by atoms with Gasteiger partial charge in [0.25, 0.3) is 5.91 Å². The summed E-state index contributed by atoms with van der Waals surface area (Å²) >= 11 is 0. The predicted molar refractivity (Wildman–Crippen MR) is 103 cm³/mol. The van der Waals surface area contributed by atoms with Crippen molar-refractivity contribution in [1.29, 1.82) is 0 Å². The molecule has 1 unspecified atom stereocenters. The Labute approximate surface area is 162 Å². The van der Waals surface area contributed by atoms with E-state index in [0.717, 1.165) is 4.90 Å². The van der Waals surface area contributed by atoms with Crippen LogP contribution < -0.4 is 10.2 Å². The van der Waals surface area contributed by atoms with Crippen molar-refractivity contribution >= 4 is 23.5 Å². The quantitative estimate of drug-likeness (QED) is 0.618. The van der Waals surface area contributed by atoms with Crippen molar-refractivity contribution in [3.8, 4) is 0 Å². The fourth-order valence-electron chi connectivity index (χ4n) is 3.13. The maximum atomic E-state index is 13.2. The number of urea groups is 1. The Kier molecular flexibility index (Phi) is 5.26. The number of imide groups is 1. The lowest BCUT2D eigenvalue weighted by Gasteiger charge is -2.25. The van der Waals surface area contributed by atoms with Gasteiger partial charge in [-0.25, -0.2) is 9.18 Å². The molecule has 0 aromatic heterocycles. The molecule has 1 saturated heterocycles. The van der Waals surface area contributed by atoms with Crippen LogP contribution in [0.15, 0.2) is 67.3 Å². The first-order valence-electron chi connectivity index (χ1n) is 8.73. The van der Waals surface area contributed by atoms with Gasteiger partial charge in [-0.2, -0.15) is 0 Å². The van der Waals surface area contributed by atoms with Crippen LogP contribution >= 0.6 is 0 Å². The van der Waals surface area contributed by atoms with Crippen molar-refractivity contribution in [2.45, 2.75) is 12.5 Å². The van der Waals surface area contributed by atoms with Crippen molar-refractivity contribution < 1.29 is 18.8 Å². The third-order valence-corrected chi connectivity index (χ3v) is 4.67. The molecule has 0 aliphatic carbocycles. The number of nitrogens with one attached hydrogen (secondary N) is 1. The SMILES string of the molecule is C=CCN(C(=O)CN1C(=O)NC(C)(c2ccc(F)cc2)C1=O)c1ccccc1. The molecule has 3 rings (SSSR count). The monoisotopic (exact) mass is 381 g/mol. The number of nitrogens with zero attached hydrogens (tertiary/aromatic N) is 2. The molecular weight excluding hydrogens is 361 g/mol. The molecular formula is C21H20FN3O3. The van der Waals surface area contributed by atoms with Crippen LogP contribution in [0.25, 0.3) is 0 Å². The summed E-state index contributed by atoms with van der Waals surface area (Å²) in [5.41, 5.74) is -0.282. The second kappa shape index (κ2) is 7.64. The van der Waals surface area contributed by atoms with Gasteiger partial charge in [0.05, 0.1) is 0 Å². The Balaban J connectivity index is 1.82. The molecule has 6 nitrogen and oxygen atoms in total. The molecule has 0 bridgehead atoms. The number of benzene rings is 2. The molecule has 4 amide bonds. The molecule has 0 radical (unpaired) electrons. The average molecular weight is 381 g/mol. The number of carbonyl (C=O) groups excluding carboxylic acids is 3. The number of amides is 4. The molecule has 0 spiro atoms. The van der Waals surface area contributed by atoms with Crippen molar-refractivity contribution in [2.24, 2.45) is 0 Å². The van der Waals surface area contributed by atoms with Gasteiger partial charge in [0.15, 0.2) is 0 Å². The van der Waals surface area contributed by atoms with E-state index in [1.54, 1.807) is 30.3 Å². The molecule has 2 aromatic rings. The Morgan fingerprint density at radius 3 is 2.43 bits per heavy atom. The Morgan fingerprint density at radius 1 is 1.18 bits per heavy atom. The minimum Gasteiger partial charge on any atom is -0.319 e. The number of carbonyl (C=O) groups is 3. The molecule has 1 aliphatic rings. The van der Waals surface area contributed by atoms with E-state index >= 15 is 0 Å². The Bertz CT molecular complexity index is 914. The van der Waals surface area contributed by atoms with Crippen molar-refractivity contribution in [3.05, 3.63) is 78.6 Å². The summed E-state index contributed by atoms with van der Waals surface area (Å²) in [6.45, 7) is 5.01. The summed E-state index contributed by atoms with van der Waals surface area (Å²) in [6, 6.07) is 13.6. The van der Waals surface area contributed by atoms with E-state index in [9.17, 15) is 18.8 Å². The van der Waals surface area contributed by atoms with Gasteiger partial charge >= 0.3 is 6.03 Å². The number of rotatable bonds is 6. The number of anilines is 1. The summed E-state index contributed by atoms with van der Waals surface area (Å²) in [7, 11) is 0. The highest BCUT2D eigenvalue weighted by atomic mass is 19.1. The summed E-state index contributed by atoms with van der Waals surface area (Å²) in [6.07, 6.45) is 1.57. The minimum absolute atomic E-state index is 0.238. The highest BCUT2D eigenvalue weighted by molar-refractivity contribution is 6.10. The third-order valence-electron chi connectivity index (χ3n) is 4.67. The van der Waals surface area contributed by atoms with E-state index in [4.69, 9.17) is 0 Å². The Hall–Kier alpha value is -3.48. The van der Waals surface area contributed by atoms with Gasteiger partial charge in [-0.05, 0) is 36.8 Å². The van der Waals surface area contributed by atoms with E-state index in [-0.39, 0.29) is 6.54 Å². The predicted octanol–water partition coefficient (Wildman–Crippen LogP) is 2.81. The van der Waals surface area contributed by atoms with Gasteiger partial charge < -0.3 is 10.2 Å². The fraction of sp³-hybridized carbons (Fsp3) is 0.190. The van der Waals surface area contributed by atoms with Gasteiger partial charge in [0, 0.05) is 12.2 Å². The van der Waals surface area contributed by atoms with Crippen molar-refractivity contribution in [3.63, 3.8) is 0 Å². The second-order valence-electron chi connectivity index (χ2n) is 6.58. The van der Waals surface area contributed by atoms with Crippen LogP contribution in [0.4, 0.5) is 14.9 Å². The number of para-hydroxylation sites is 1. The van der Waals surface area contributed by atoms with Crippen LogP contribution in [0, 0.1) is 5.82 Å². The van der Waals surface area contributed by atoms with Crippen LogP contribution in [0.1, 0.15) is 12.5 Å². The first-order chi connectivity index (χ1) is 13.4. The minimum atomic E-state index is -1.36. The molecule has 7 heteroatoms. The third kappa shape index (κ3) is 3.51. The van der Waals surface area contributed by atoms with Crippen LogP contribution in [0.5, 0.6) is 0 Å². The molecule has 1 aliphatic heterocycles. The van der Waals surface area contributed by atoms with E-state index in [1.165, 1.54) is 36.1 Å². The lowest BCUT2D eigenvalue weighted by molar-refractivity contribution is -0.134. The fourth-order valence-corrected chi connectivity index (χ4v) is 3.13. The molecule has 1 atom stereocenters. The molecule has 1 fully saturated rings. The highest BCUT2D eigenvalue weighted by Crippen LogP contribution is 2.29. The average Bonchev–Trinajstić information content (AvgIpc) is 2.91. The van der Waals surface area contributed by atoms with E-state index in [2.05, 4.69) is 11.9 Å². The zero-order valence-electron chi connectivity index (χ0n) is 15.4. The number of hydrogen-bond donors (Lipinski definition) is 1. The van der Waals surface area contributed by atoms with Crippen molar-refractivity contribution in [1.82, 2.24) is 10.2 Å². The lowest BCUT2D eigenvalue weighted by Crippen LogP contribution is -2.44. The topological polar surface area (TPSA) is 69.7 Å². The van der Waals surface area contributed by atoms with Crippen LogP contribution in [-0.4, -0.2) is 35.8 Å². The van der Waals surface area contributed by atoms with Crippen LogP contribution in [-0.2, 0) is 15.1 Å². The maximum absolute atomic E-state index is 13.2. The lowest BCUT2D eigenvalue weighted by atomic mass is 9.92. The zero-order valence-corrected chi connectivity index (χ0v) is 15.4. The molecule has 1 N–H and O–H groups in total. The van der Waals surface area contributed by atoms with Gasteiger partial charge in [-0.1, -0.05) is 36.4 Å². The number of halogens is 1. The molecule has 1 heterocycles. The summed E-state index contributed by atoms with van der Waals surface area (Å²) in [5, 5.41) is 2.61. The van der Waals surface area contributed by atoms with E-state index < -0.39 is 35.7 Å². The second-order valence-corrected chi connectivity index (χ2v) is 6.58. The summed E-state index contributed by atoms with van der Waals surface area (Å²) in [4.78, 5) is 40.5. The first kappa shape index (κ1) is 19.3. The smallest absolute Gasteiger partial charge is 0.319 e. The van der Waals surface area contributed by atoms with Gasteiger partial charge in [-0.15, -0.1) is 6.58 Å². The molecule has 2 aromatic carbocycles. The molecule has 0 saturated carbocycles. The van der Waals surface area contributed by atoms with E-state index in [1.807, 2.05) is 6.07 Å². The van der Waals surface area contributed by atoms with Crippen LogP contribution in [0.2, 0.25) is 0 Å². The summed E-state index contributed by atoms with van der Waals surface area (Å²) < 4.78 is 13.2. The van der Waals surface area contributed by atoms with E-state index in [0.29, 0.717) is 11.3 Å². The van der Waals surface area contributed by atoms with Crippen LogP contribution in [0.3, 0.4) is 0 Å². The number of hydrogen-bond acceptors (Lipinski definition) is 3. The highest BCUT2D eigenvalue weighted by Gasteiger charge is 2.49. The first-order valence-corrected chi connectivity index (χ1v) is 8.73. The standard InChI is InChI=1S/C21H20FN3O3/c1-3-13-24(17-7-5-4-6-8-17)18(26)14-25-19(27)21(2,23-20(25)28)15-9-11-16(22)12-10-15/h3-12H,1,13-14H2,2H3,(H,23,28). The molecule has 144 valence electrons.